The summed E-state index contributed by atoms with van der Waals surface area (Å²) in [5.74, 6) is 3.55. The number of benzene rings is 6. The molecule has 0 amide bonds. The molecule has 4 bridgehead atoms. The summed E-state index contributed by atoms with van der Waals surface area (Å²) in [4.78, 5) is 2.37. The van der Waals surface area contributed by atoms with Gasteiger partial charge in [0.1, 0.15) is 0 Å². The van der Waals surface area contributed by atoms with Crippen molar-refractivity contribution in [2.24, 2.45) is 23.7 Å². The van der Waals surface area contributed by atoms with Crippen LogP contribution in [-0.2, 0) is 5.41 Å². The van der Waals surface area contributed by atoms with Crippen LogP contribution in [0.3, 0.4) is 0 Å². The van der Waals surface area contributed by atoms with Gasteiger partial charge >= 0.3 is 0 Å². The van der Waals surface area contributed by atoms with Gasteiger partial charge in [0, 0.05) is 22.5 Å². The van der Waals surface area contributed by atoms with E-state index in [1.807, 2.05) is 0 Å². The third-order valence-corrected chi connectivity index (χ3v) is 12.0. The van der Waals surface area contributed by atoms with Crippen molar-refractivity contribution in [3.05, 3.63) is 151 Å². The normalized spacial score (nSPS) is 25.4. The monoisotopic (exact) mass is 579 g/mol. The first-order chi connectivity index (χ1) is 22.3. The summed E-state index contributed by atoms with van der Waals surface area (Å²) in [7, 11) is 0. The summed E-state index contributed by atoms with van der Waals surface area (Å²) in [5.41, 5.74) is 12.6. The van der Waals surface area contributed by atoms with Crippen LogP contribution in [0.15, 0.2) is 140 Å². The quantitative estimate of drug-likeness (QED) is 0.201. The van der Waals surface area contributed by atoms with E-state index >= 15 is 0 Å². The summed E-state index contributed by atoms with van der Waals surface area (Å²) >= 11 is 0. The summed E-state index contributed by atoms with van der Waals surface area (Å²) in [5, 5.41) is 2.51. The second-order valence-corrected chi connectivity index (χ2v) is 14.2. The van der Waals surface area contributed by atoms with Gasteiger partial charge in [-0.05, 0) is 142 Å². The van der Waals surface area contributed by atoms with Crippen LogP contribution >= 0.6 is 0 Å². The molecule has 5 aliphatic carbocycles. The van der Waals surface area contributed by atoms with Gasteiger partial charge in [-0.1, -0.05) is 97.1 Å². The molecule has 0 N–H and O–H groups in total. The minimum atomic E-state index is 0.234. The van der Waals surface area contributed by atoms with Crippen molar-refractivity contribution in [3.63, 3.8) is 0 Å². The highest BCUT2D eigenvalue weighted by Gasteiger charge is 2.61. The van der Waals surface area contributed by atoms with Crippen LogP contribution in [0.4, 0.5) is 17.1 Å². The van der Waals surface area contributed by atoms with E-state index in [0.29, 0.717) is 0 Å². The van der Waals surface area contributed by atoms with Crippen LogP contribution in [0.5, 0.6) is 0 Å². The van der Waals surface area contributed by atoms with Crippen molar-refractivity contribution in [2.45, 2.75) is 37.5 Å². The number of hydrogen-bond acceptors (Lipinski definition) is 1. The van der Waals surface area contributed by atoms with Crippen molar-refractivity contribution >= 4 is 27.8 Å². The van der Waals surface area contributed by atoms with Crippen molar-refractivity contribution in [1.29, 1.82) is 0 Å². The third-order valence-electron chi connectivity index (χ3n) is 12.0. The Morgan fingerprint density at radius 2 is 1.02 bits per heavy atom. The van der Waals surface area contributed by atoms with Crippen LogP contribution < -0.4 is 4.90 Å². The Kier molecular flexibility index (Phi) is 5.53. The molecular formula is C44H37N. The van der Waals surface area contributed by atoms with E-state index in [0.717, 1.165) is 29.4 Å². The van der Waals surface area contributed by atoms with E-state index in [1.165, 1.54) is 76.5 Å². The van der Waals surface area contributed by atoms with Gasteiger partial charge in [0.05, 0.1) is 0 Å². The minimum Gasteiger partial charge on any atom is -0.310 e. The van der Waals surface area contributed by atoms with Crippen molar-refractivity contribution in [3.8, 4) is 22.3 Å². The maximum absolute atomic E-state index is 2.53. The van der Waals surface area contributed by atoms with E-state index in [-0.39, 0.29) is 5.41 Å². The van der Waals surface area contributed by atoms with Crippen LogP contribution in [0.25, 0.3) is 33.0 Å². The molecule has 5 aliphatic rings. The molecule has 218 valence electrons. The summed E-state index contributed by atoms with van der Waals surface area (Å²) in [6, 6.07) is 52.2. The molecule has 1 nitrogen and oxygen atoms in total. The zero-order chi connectivity index (χ0) is 29.5. The Balaban J connectivity index is 1.05. The number of para-hydroxylation sites is 1. The van der Waals surface area contributed by atoms with Crippen LogP contribution in [0, 0.1) is 23.7 Å². The molecule has 1 spiro atoms. The smallest absolute Gasteiger partial charge is 0.0468 e. The fourth-order valence-electron chi connectivity index (χ4n) is 10.5. The van der Waals surface area contributed by atoms with Gasteiger partial charge < -0.3 is 4.90 Å². The van der Waals surface area contributed by atoms with Gasteiger partial charge in [0.25, 0.3) is 0 Å². The zero-order valence-electron chi connectivity index (χ0n) is 25.6. The molecular weight excluding hydrogens is 542 g/mol. The molecule has 0 atom stereocenters. The summed E-state index contributed by atoms with van der Waals surface area (Å²) in [6.45, 7) is 0. The molecule has 0 heterocycles. The first-order valence-electron chi connectivity index (χ1n) is 16.9. The van der Waals surface area contributed by atoms with Gasteiger partial charge in [0.15, 0.2) is 0 Å². The number of nitrogens with zero attached hydrogens (tertiary/aromatic N) is 1. The lowest BCUT2D eigenvalue weighted by atomic mass is 9.43. The Hall–Kier alpha value is -4.62. The molecule has 6 aromatic rings. The van der Waals surface area contributed by atoms with Crippen molar-refractivity contribution < 1.29 is 0 Å². The molecule has 45 heavy (non-hydrogen) atoms. The number of fused-ring (bicyclic) bond motifs is 4. The molecule has 0 unspecified atom stereocenters. The van der Waals surface area contributed by atoms with E-state index in [2.05, 4.69) is 144 Å². The largest absolute Gasteiger partial charge is 0.310 e. The lowest BCUT2D eigenvalue weighted by molar-refractivity contribution is -0.0399. The number of hydrogen-bond donors (Lipinski definition) is 0. The van der Waals surface area contributed by atoms with E-state index in [4.69, 9.17) is 0 Å². The highest BCUT2D eigenvalue weighted by Crippen LogP contribution is 2.69. The van der Waals surface area contributed by atoms with Gasteiger partial charge in [-0.2, -0.15) is 0 Å². The molecule has 0 aromatic heterocycles. The maximum Gasteiger partial charge on any atom is 0.0468 e. The van der Waals surface area contributed by atoms with E-state index < -0.39 is 0 Å². The first kappa shape index (κ1) is 25.7. The molecule has 1 heteroatoms. The molecule has 4 saturated carbocycles. The number of rotatable bonds is 4. The van der Waals surface area contributed by atoms with Crippen LogP contribution in [0.1, 0.15) is 43.2 Å². The van der Waals surface area contributed by atoms with Crippen molar-refractivity contribution in [1.82, 2.24) is 0 Å². The lowest BCUT2D eigenvalue weighted by Gasteiger charge is -2.61. The standard InChI is InChI=1S/C44H37N/c1-2-10-37(11-3-1)45(39-20-16-31-8-4-5-9-33(31)27-39)38-18-14-32(15-19-38)34-17-21-43-41(28-34)40-12-6-7-13-42(40)44(43)35-23-29-22-30(25-35)26-36(44)24-29/h1-21,27-30,35-36H,22-26H2. The number of anilines is 3. The van der Waals surface area contributed by atoms with Gasteiger partial charge in [0.2, 0.25) is 0 Å². The van der Waals surface area contributed by atoms with Gasteiger partial charge in [-0.15, -0.1) is 0 Å². The van der Waals surface area contributed by atoms with E-state index in [9.17, 15) is 0 Å². The average Bonchev–Trinajstić information content (AvgIpc) is 3.38. The Labute approximate surface area is 266 Å². The summed E-state index contributed by atoms with van der Waals surface area (Å²) < 4.78 is 0. The zero-order valence-corrected chi connectivity index (χ0v) is 25.6. The fraction of sp³-hybridized carbons (Fsp3) is 0.227. The Bertz CT molecular complexity index is 2040. The molecule has 0 saturated heterocycles. The molecule has 0 aliphatic heterocycles. The first-order valence-corrected chi connectivity index (χ1v) is 16.9. The predicted molar refractivity (Wildman–Crippen MR) is 187 cm³/mol. The fourth-order valence-corrected chi connectivity index (χ4v) is 10.5. The highest BCUT2D eigenvalue weighted by atomic mass is 15.1. The Morgan fingerprint density at radius 3 is 1.80 bits per heavy atom. The second kappa shape index (κ2) is 9.69. The lowest BCUT2D eigenvalue weighted by Crippen LogP contribution is -2.55. The summed E-state index contributed by atoms with van der Waals surface area (Å²) in [6.07, 6.45) is 7.21. The van der Waals surface area contributed by atoms with Gasteiger partial charge in [-0.25, -0.2) is 0 Å². The third kappa shape index (κ3) is 3.73. The predicted octanol–water partition coefficient (Wildman–Crippen LogP) is 11.7. The molecule has 4 fully saturated rings. The van der Waals surface area contributed by atoms with Crippen LogP contribution in [0.2, 0.25) is 0 Å². The molecule has 6 aromatic carbocycles. The average molecular weight is 580 g/mol. The topological polar surface area (TPSA) is 3.24 Å². The van der Waals surface area contributed by atoms with Crippen molar-refractivity contribution in [2.75, 3.05) is 4.90 Å². The maximum atomic E-state index is 2.53. The molecule has 0 radical (unpaired) electrons. The SMILES string of the molecule is c1ccc(N(c2ccc(-c3ccc4c(c3)-c3ccccc3C43C4CC5CC(C4)CC3C5)cc2)c2ccc3ccccc3c2)cc1. The highest BCUT2D eigenvalue weighted by molar-refractivity contribution is 5.90. The van der Waals surface area contributed by atoms with E-state index in [1.54, 1.807) is 11.1 Å². The Morgan fingerprint density at radius 1 is 0.422 bits per heavy atom. The molecule has 11 rings (SSSR count). The second-order valence-electron chi connectivity index (χ2n) is 14.2. The van der Waals surface area contributed by atoms with Crippen LogP contribution in [-0.4, -0.2) is 0 Å². The van der Waals surface area contributed by atoms with Gasteiger partial charge in [-0.3, -0.25) is 0 Å². The minimum absolute atomic E-state index is 0.234.